The first-order valence-electron chi connectivity index (χ1n) is 8.83. The highest BCUT2D eigenvalue weighted by Gasteiger charge is 2.22. The largest absolute Gasteiger partial charge is 0.351 e. The molecule has 0 aliphatic heterocycles. The molecule has 3 aromatic rings. The van der Waals surface area contributed by atoms with E-state index in [-0.39, 0.29) is 5.91 Å². The number of nitrogens with zero attached hydrogens (tertiary/aromatic N) is 4. The maximum atomic E-state index is 12.6. The van der Waals surface area contributed by atoms with E-state index in [0.717, 1.165) is 29.7 Å². The molecule has 3 rings (SSSR count). The second-order valence-electron chi connectivity index (χ2n) is 6.31. The second kappa shape index (κ2) is 7.91. The van der Waals surface area contributed by atoms with Gasteiger partial charge in [-0.25, -0.2) is 4.68 Å². The maximum Gasteiger partial charge on any atom is 0.274 e. The first-order valence-corrected chi connectivity index (χ1v) is 8.83. The Kier molecular flexibility index (Phi) is 5.41. The Morgan fingerprint density at radius 1 is 1.12 bits per heavy atom. The van der Waals surface area contributed by atoms with E-state index in [1.165, 1.54) is 5.56 Å². The minimum Gasteiger partial charge on any atom is -0.351 e. The first-order chi connectivity index (χ1) is 12.6. The number of pyridine rings is 1. The summed E-state index contributed by atoms with van der Waals surface area (Å²) in [4.78, 5) is 16.7. The molecule has 0 aliphatic carbocycles. The van der Waals surface area contributed by atoms with Crippen molar-refractivity contribution in [3.8, 4) is 16.9 Å². The SMILES string of the molecule is CCCCNC(=O)c1nnn(-c2ccc(C)c(C)c2)c1-c1ccncc1. The van der Waals surface area contributed by atoms with E-state index in [1.54, 1.807) is 17.1 Å². The zero-order valence-electron chi connectivity index (χ0n) is 15.4. The second-order valence-corrected chi connectivity index (χ2v) is 6.31. The molecule has 0 saturated heterocycles. The van der Waals surface area contributed by atoms with Crippen LogP contribution in [0.5, 0.6) is 0 Å². The van der Waals surface area contributed by atoms with Crippen molar-refractivity contribution in [3.63, 3.8) is 0 Å². The normalized spacial score (nSPS) is 10.7. The molecule has 1 N–H and O–H groups in total. The summed E-state index contributed by atoms with van der Waals surface area (Å²) in [5, 5.41) is 11.4. The lowest BCUT2D eigenvalue weighted by Gasteiger charge is -2.10. The summed E-state index contributed by atoms with van der Waals surface area (Å²) in [6.45, 7) is 6.84. The van der Waals surface area contributed by atoms with Gasteiger partial charge in [0.25, 0.3) is 5.91 Å². The van der Waals surface area contributed by atoms with E-state index in [9.17, 15) is 4.79 Å². The van der Waals surface area contributed by atoms with Crippen molar-refractivity contribution in [2.24, 2.45) is 0 Å². The summed E-state index contributed by atoms with van der Waals surface area (Å²) < 4.78 is 1.72. The Hall–Kier alpha value is -3.02. The molecular formula is C20H23N5O. The van der Waals surface area contributed by atoms with Gasteiger partial charge in [-0.3, -0.25) is 9.78 Å². The van der Waals surface area contributed by atoms with Crippen LogP contribution in [0.2, 0.25) is 0 Å². The number of carbonyl (C=O) groups excluding carboxylic acids is 1. The number of hydrogen-bond donors (Lipinski definition) is 1. The summed E-state index contributed by atoms with van der Waals surface area (Å²) in [7, 11) is 0. The van der Waals surface area contributed by atoms with E-state index < -0.39 is 0 Å². The molecule has 6 heteroatoms. The van der Waals surface area contributed by atoms with Crippen LogP contribution >= 0.6 is 0 Å². The van der Waals surface area contributed by atoms with Gasteiger partial charge >= 0.3 is 0 Å². The molecule has 26 heavy (non-hydrogen) atoms. The van der Waals surface area contributed by atoms with Crippen LogP contribution in [0.1, 0.15) is 41.4 Å². The maximum absolute atomic E-state index is 12.6. The summed E-state index contributed by atoms with van der Waals surface area (Å²) in [6.07, 6.45) is 5.35. The number of hydrogen-bond acceptors (Lipinski definition) is 4. The van der Waals surface area contributed by atoms with Gasteiger partial charge in [-0.1, -0.05) is 24.6 Å². The quantitative estimate of drug-likeness (QED) is 0.692. The number of unbranched alkanes of at least 4 members (excludes halogenated alkanes) is 1. The van der Waals surface area contributed by atoms with Gasteiger partial charge < -0.3 is 5.32 Å². The highest BCUT2D eigenvalue weighted by atomic mass is 16.2. The van der Waals surface area contributed by atoms with Crippen LogP contribution in [0.4, 0.5) is 0 Å². The van der Waals surface area contributed by atoms with Crippen molar-refractivity contribution in [1.29, 1.82) is 0 Å². The topological polar surface area (TPSA) is 72.7 Å². The molecule has 2 heterocycles. The van der Waals surface area contributed by atoms with Crippen molar-refractivity contribution in [2.75, 3.05) is 6.54 Å². The average molecular weight is 349 g/mol. The molecule has 134 valence electrons. The highest BCUT2D eigenvalue weighted by Crippen LogP contribution is 2.25. The minimum atomic E-state index is -0.208. The molecule has 0 atom stereocenters. The van der Waals surface area contributed by atoms with Gasteiger partial charge in [0.1, 0.15) is 5.69 Å². The lowest BCUT2D eigenvalue weighted by molar-refractivity contribution is 0.0949. The molecule has 0 saturated carbocycles. The molecule has 0 radical (unpaired) electrons. The van der Waals surface area contributed by atoms with Crippen LogP contribution < -0.4 is 5.32 Å². The standard InChI is InChI=1S/C20H23N5O/c1-4-5-10-22-20(26)18-19(16-8-11-21-12-9-16)25(24-23-18)17-7-6-14(2)15(3)13-17/h6-9,11-13H,4-5,10H2,1-3H3,(H,22,26). The third-order valence-corrected chi connectivity index (χ3v) is 4.39. The number of amides is 1. The van der Waals surface area contributed by atoms with Gasteiger partial charge in [-0.2, -0.15) is 0 Å². The average Bonchev–Trinajstić information content (AvgIpc) is 3.10. The van der Waals surface area contributed by atoms with Crippen LogP contribution in [-0.2, 0) is 0 Å². The third-order valence-electron chi connectivity index (χ3n) is 4.39. The van der Waals surface area contributed by atoms with Crippen molar-refractivity contribution in [3.05, 3.63) is 59.5 Å². The van der Waals surface area contributed by atoms with Gasteiger partial charge in [-0.15, -0.1) is 5.10 Å². The fourth-order valence-electron chi connectivity index (χ4n) is 2.70. The number of rotatable bonds is 6. The van der Waals surface area contributed by atoms with Gasteiger partial charge in [-0.05, 0) is 55.7 Å². The monoisotopic (exact) mass is 349 g/mol. The van der Waals surface area contributed by atoms with Crippen LogP contribution in [0.3, 0.4) is 0 Å². The van der Waals surface area contributed by atoms with Crippen LogP contribution in [-0.4, -0.2) is 32.4 Å². The predicted octanol–water partition coefficient (Wildman–Crippen LogP) is 3.48. The number of nitrogens with one attached hydrogen (secondary N) is 1. The molecule has 0 spiro atoms. The molecular weight excluding hydrogens is 326 g/mol. The molecule has 6 nitrogen and oxygen atoms in total. The van der Waals surface area contributed by atoms with Crippen LogP contribution in [0.15, 0.2) is 42.7 Å². The van der Waals surface area contributed by atoms with Gasteiger partial charge in [0.2, 0.25) is 0 Å². The van der Waals surface area contributed by atoms with Gasteiger partial charge in [0.15, 0.2) is 5.69 Å². The van der Waals surface area contributed by atoms with Crippen molar-refractivity contribution in [1.82, 2.24) is 25.3 Å². The summed E-state index contributed by atoms with van der Waals surface area (Å²) in [5.41, 5.74) is 5.09. The highest BCUT2D eigenvalue weighted by molar-refractivity contribution is 5.98. The summed E-state index contributed by atoms with van der Waals surface area (Å²) in [5.74, 6) is -0.208. The van der Waals surface area contributed by atoms with E-state index in [1.807, 2.05) is 30.3 Å². The Labute approximate surface area is 153 Å². The fourth-order valence-corrected chi connectivity index (χ4v) is 2.70. The molecule has 0 unspecified atom stereocenters. The molecule has 0 aliphatic rings. The summed E-state index contributed by atoms with van der Waals surface area (Å²) in [6, 6.07) is 9.80. The zero-order chi connectivity index (χ0) is 18.5. The summed E-state index contributed by atoms with van der Waals surface area (Å²) >= 11 is 0. The van der Waals surface area contributed by atoms with Crippen LogP contribution in [0, 0.1) is 13.8 Å². The number of benzene rings is 1. The predicted molar refractivity (Wildman–Crippen MR) is 101 cm³/mol. The van der Waals surface area contributed by atoms with Gasteiger partial charge in [0, 0.05) is 24.5 Å². The molecule has 0 bridgehead atoms. The van der Waals surface area contributed by atoms with E-state index in [2.05, 4.69) is 41.4 Å². The van der Waals surface area contributed by atoms with E-state index >= 15 is 0 Å². The lowest BCUT2D eigenvalue weighted by atomic mass is 10.1. The van der Waals surface area contributed by atoms with Crippen LogP contribution in [0.25, 0.3) is 16.9 Å². The molecule has 1 amide bonds. The molecule has 1 aromatic carbocycles. The lowest BCUT2D eigenvalue weighted by Crippen LogP contribution is -2.25. The number of carbonyl (C=O) groups is 1. The Morgan fingerprint density at radius 2 is 1.88 bits per heavy atom. The Balaban J connectivity index is 2.08. The van der Waals surface area contributed by atoms with E-state index in [0.29, 0.717) is 17.9 Å². The Bertz CT molecular complexity index is 902. The van der Waals surface area contributed by atoms with E-state index in [4.69, 9.17) is 0 Å². The zero-order valence-corrected chi connectivity index (χ0v) is 15.4. The third kappa shape index (κ3) is 3.64. The van der Waals surface area contributed by atoms with Crippen molar-refractivity contribution in [2.45, 2.75) is 33.6 Å². The first kappa shape index (κ1) is 17.8. The molecule has 2 aromatic heterocycles. The molecule has 0 fully saturated rings. The van der Waals surface area contributed by atoms with Gasteiger partial charge in [0.05, 0.1) is 5.69 Å². The van der Waals surface area contributed by atoms with Crippen molar-refractivity contribution >= 4 is 5.91 Å². The smallest absolute Gasteiger partial charge is 0.274 e. The number of aryl methyl sites for hydroxylation is 2. The fraction of sp³-hybridized carbons (Fsp3) is 0.300. The van der Waals surface area contributed by atoms with Crippen molar-refractivity contribution < 1.29 is 4.79 Å². The minimum absolute atomic E-state index is 0.208. The number of aromatic nitrogens is 4. The Morgan fingerprint density at radius 3 is 2.58 bits per heavy atom.